The van der Waals surface area contributed by atoms with E-state index in [9.17, 15) is 8.78 Å². The van der Waals surface area contributed by atoms with E-state index < -0.39 is 11.6 Å². The van der Waals surface area contributed by atoms with Crippen LogP contribution in [0.1, 0.15) is 16.7 Å². The Labute approximate surface area is 181 Å². The first-order valence-corrected chi connectivity index (χ1v) is 10.5. The second kappa shape index (κ2) is 10.5. The Morgan fingerprint density at radius 2 is 1.29 bits per heavy atom. The van der Waals surface area contributed by atoms with Crippen molar-refractivity contribution in [3.63, 3.8) is 0 Å². The summed E-state index contributed by atoms with van der Waals surface area (Å²) < 4.78 is 37.5. The molecule has 1 heterocycles. The first-order valence-electron chi connectivity index (χ1n) is 10.5. The lowest BCUT2D eigenvalue weighted by molar-refractivity contribution is 0.0342. The summed E-state index contributed by atoms with van der Waals surface area (Å²) in [4.78, 5) is 2.41. The average molecular weight is 424 g/mol. The number of rotatable bonds is 8. The normalized spacial score (nSPS) is 14.5. The van der Waals surface area contributed by atoms with Gasteiger partial charge in [0, 0.05) is 50.9 Å². The van der Waals surface area contributed by atoms with Crippen LogP contribution >= 0.6 is 0 Å². The molecule has 4 nitrogen and oxygen atoms in total. The van der Waals surface area contributed by atoms with E-state index >= 15 is 0 Å². The highest BCUT2D eigenvalue weighted by atomic mass is 19.1. The van der Waals surface area contributed by atoms with Gasteiger partial charge in [-0.25, -0.2) is 8.78 Å². The Morgan fingerprint density at radius 1 is 0.742 bits per heavy atom. The molecule has 0 amide bonds. The molecule has 0 unspecified atom stereocenters. The molecular weight excluding hydrogens is 398 g/mol. The number of hydrogen-bond donors (Lipinski definition) is 1. The number of nitrogens with zero attached hydrogens (tertiary/aromatic N) is 1. The van der Waals surface area contributed by atoms with Crippen molar-refractivity contribution in [3.8, 4) is 11.5 Å². The predicted octanol–water partition coefficient (Wildman–Crippen LogP) is 4.88. The Bertz CT molecular complexity index is 952. The molecule has 1 saturated heterocycles. The molecule has 0 radical (unpaired) electrons. The van der Waals surface area contributed by atoms with Gasteiger partial charge in [-0.05, 0) is 28.8 Å². The summed E-state index contributed by atoms with van der Waals surface area (Å²) in [5.41, 5.74) is 3.65. The van der Waals surface area contributed by atoms with E-state index in [1.165, 1.54) is 11.1 Å². The smallest absolute Gasteiger partial charge is 0.133 e. The number of morpholine rings is 1. The van der Waals surface area contributed by atoms with E-state index in [0.29, 0.717) is 12.3 Å². The Kier molecular flexibility index (Phi) is 7.25. The van der Waals surface area contributed by atoms with Gasteiger partial charge in [-0.2, -0.15) is 0 Å². The summed E-state index contributed by atoms with van der Waals surface area (Å²) >= 11 is 0. The summed E-state index contributed by atoms with van der Waals surface area (Å²) in [5, 5.41) is 3.44. The van der Waals surface area contributed by atoms with E-state index in [4.69, 9.17) is 9.47 Å². The number of nitrogens with one attached hydrogen (secondary N) is 1. The lowest BCUT2D eigenvalue weighted by Crippen LogP contribution is -2.35. The van der Waals surface area contributed by atoms with Crippen LogP contribution in [-0.2, 0) is 24.4 Å². The van der Waals surface area contributed by atoms with Gasteiger partial charge in [0.25, 0.3) is 0 Å². The van der Waals surface area contributed by atoms with Crippen LogP contribution in [0, 0.1) is 11.6 Å². The minimum atomic E-state index is -0.662. The Balaban J connectivity index is 1.23. The van der Waals surface area contributed by atoms with Crippen LogP contribution in [0.15, 0.2) is 66.7 Å². The van der Waals surface area contributed by atoms with Gasteiger partial charge in [0.15, 0.2) is 0 Å². The van der Waals surface area contributed by atoms with Crippen LogP contribution in [0.3, 0.4) is 0 Å². The van der Waals surface area contributed by atoms with Crippen molar-refractivity contribution in [2.24, 2.45) is 0 Å². The summed E-state index contributed by atoms with van der Waals surface area (Å²) in [6, 6.07) is 19.3. The fourth-order valence-corrected chi connectivity index (χ4v) is 3.53. The quantitative estimate of drug-likeness (QED) is 0.559. The average Bonchev–Trinajstić information content (AvgIpc) is 2.76. The number of ether oxygens (including phenoxy) is 2. The second-order valence-electron chi connectivity index (χ2n) is 7.66. The van der Waals surface area contributed by atoms with Crippen molar-refractivity contribution in [1.82, 2.24) is 10.2 Å². The molecule has 0 saturated carbocycles. The number of hydrogen-bond acceptors (Lipinski definition) is 4. The maximum Gasteiger partial charge on any atom is 0.133 e. The molecule has 0 atom stereocenters. The van der Waals surface area contributed by atoms with Crippen LogP contribution in [0.5, 0.6) is 11.5 Å². The largest absolute Gasteiger partial charge is 0.457 e. The topological polar surface area (TPSA) is 33.7 Å². The zero-order valence-corrected chi connectivity index (χ0v) is 17.3. The Hall–Kier alpha value is -2.80. The van der Waals surface area contributed by atoms with Gasteiger partial charge in [-0.1, -0.05) is 36.4 Å². The third kappa shape index (κ3) is 6.59. The van der Waals surface area contributed by atoms with Gasteiger partial charge in [0.05, 0.1) is 13.2 Å². The SMILES string of the molecule is Fc1cc(F)cc(Oc2ccc(CNCc3ccc(CN4CCOCC4)cc3)cc2)c1. The molecule has 6 heteroatoms. The number of halogens is 2. The molecule has 1 aliphatic heterocycles. The maximum absolute atomic E-state index is 13.3. The molecule has 0 aliphatic carbocycles. The molecule has 162 valence electrons. The van der Waals surface area contributed by atoms with Crippen molar-refractivity contribution >= 4 is 0 Å². The summed E-state index contributed by atoms with van der Waals surface area (Å²) in [5.74, 6) is -0.653. The highest BCUT2D eigenvalue weighted by molar-refractivity contribution is 5.33. The lowest BCUT2D eigenvalue weighted by Gasteiger charge is -2.26. The zero-order chi connectivity index (χ0) is 21.5. The summed E-state index contributed by atoms with van der Waals surface area (Å²) in [6.45, 7) is 6.08. The fraction of sp³-hybridized carbons (Fsp3) is 0.280. The molecule has 0 aromatic heterocycles. The monoisotopic (exact) mass is 424 g/mol. The van der Waals surface area contributed by atoms with Crippen LogP contribution in [0.25, 0.3) is 0 Å². The molecule has 1 N–H and O–H groups in total. The highest BCUT2D eigenvalue weighted by Crippen LogP contribution is 2.23. The van der Waals surface area contributed by atoms with Gasteiger partial charge in [-0.3, -0.25) is 4.90 Å². The van der Waals surface area contributed by atoms with Gasteiger partial charge < -0.3 is 14.8 Å². The molecule has 1 fully saturated rings. The maximum atomic E-state index is 13.3. The minimum Gasteiger partial charge on any atom is -0.457 e. The zero-order valence-electron chi connectivity index (χ0n) is 17.3. The highest BCUT2D eigenvalue weighted by Gasteiger charge is 2.10. The molecule has 0 spiro atoms. The molecule has 4 rings (SSSR count). The van der Waals surface area contributed by atoms with Crippen LogP contribution in [-0.4, -0.2) is 31.2 Å². The van der Waals surface area contributed by atoms with Gasteiger partial charge >= 0.3 is 0 Å². The third-order valence-electron chi connectivity index (χ3n) is 5.19. The van der Waals surface area contributed by atoms with Crippen molar-refractivity contribution in [2.45, 2.75) is 19.6 Å². The fourth-order valence-electron chi connectivity index (χ4n) is 3.53. The lowest BCUT2D eigenvalue weighted by atomic mass is 10.1. The second-order valence-corrected chi connectivity index (χ2v) is 7.66. The summed E-state index contributed by atoms with van der Waals surface area (Å²) in [6.07, 6.45) is 0. The third-order valence-corrected chi connectivity index (χ3v) is 5.19. The van der Waals surface area contributed by atoms with Gasteiger partial charge in [0.2, 0.25) is 0 Å². The van der Waals surface area contributed by atoms with Crippen LogP contribution in [0.2, 0.25) is 0 Å². The van der Waals surface area contributed by atoms with Crippen molar-refractivity contribution < 1.29 is 18.3 Å². The number of benzene rings is 3. The summed E-state index contributed by atoms with van der Waals surface area (Å²) in [7, 11) is 0. The van der Waals surface area contributed by atoms with Gasteiger partial charge in [0.1, 0.15) is 23.1 Å². The Morgan fingerprint density at radius 3 is 1.90 bits per heavy atom. The standard InChI is InChI=1S/C25H26F2N2O2/c26-22-13-23(27)15-25(14-22)31-24-7-5-20(6-8-24)17-28-16-19-1-3-21(4-2-19)18-29-9-11-30-12-10-29/h1-8,13-15,28H,9-12,16-18H2. The van der Waals surface area contributed by atoms with Gasteiger partial charge in [-0.15, -0.1) is 0 Å². The van der Waals surface area contributed by atoms with E-state index in [1.54, 1.807) is 12.1 Å². The molecule has 3 aromatic carbocycles. The van der Waals surface area contributed by atoms with Crippen molar-refractivity contribution in [2.75, 3.05) is 26.3 Å². The molecule has 0 bridgehead atoms. The van der Waals surface area contributed by atoms with Crippen molar-refractivity contribution in [1.29, 1.82) is 0 Å². The first kappa shape index (κ1) is 21.4. The molecular formula is C25H26F2N2O2. The van der Waals surface area contributed by atoms with Crippen molar-refractivity contribution in [3.05, 3.63) is 95.1 Å². The van der Waals surface area contributed by atoms with Crippen LogP contribution < -0.4 is 10.1 Å². The van der Waals surface area contributed by atoms with Crippen LogP contribution in [0.4, 0.5) is 8.78 Å². The molecule has 1 aliphatic rings. The molecule has 31 heavy (non-hydrogen) atoms. The van der Waals surface area contributed by atoms with E-state index in [-0.39, 0.29) is 5.75 Å². The van der Waals surface area contributed by atoms with E-state index in [0.717, 1.165) is 63.2 Å². The predicted molar refractivity (Wildman–Crippen MR) is 116 cm³/mol. The minimum absolute atomic E-state index is 0.139. The van der Waals surface area contributed by atoms with E-state index in [2.05, 4.69) is 34.5 Å². The first-order chi connectivity index (χ1) is 15.1. The molecule has 3 aromatic rings. The van der Waals surface area contributed by atoms with E-state index in [1.807, 2.05) is 12.1 Å².